The molecule has 21 heavy (non-hydrogen) atoms. The molecule has 0 fully saturated rings. The van der Waals surface area contributed by atoms with Gasteiger partial charge in [-0.25, -0.2) is 4.57 Å². The number of hydrogen-bond donors (Lipinski definition) is 0. The summed E-state index contributed by atoms with van der Waals surface area (Å²) in [4.78, 5) is 12.8. The molecule has 0 aliphatic rings. The number of pyridine rings is 2. The number of aryl methyl sites for hydroxylation is 1. The van der Waals surface area contributed by atoms with Crippen LogP contribution in [0.4, 0.5) is 0 Å². The molecule has 0 amide bonds. The average Bonchev–Trinajstić information content (AvgIpc) is 2.53. The zero-order valence-electron chi connectivity index (χ0n) is 12.0. The van der Waals surface area contributed by atoms with Crippen molar-refractivity contribution in [1.82, 2.24) is 15.0 Å². The molecule has 4 heteroatoms. The highest BCUT2D eigenvalue weighted by Gasteiger charge is 2.03. The predicted octanol–water partition coefficient (Wildman–Crippen LogP) is 2.11. The maximum Gasteiger partial charge on any atom is 0.286 e. The minimum atomic E-state index is 0.739. The van der Waals surface area contributed by atoms with Crippen LogP contribution >= 0.6 is 0 Å². The van der Waals surface area contributed by atoms with Gasteiger partial charge < -0.3 is 0 Å². The van der Waals surface area contributed by atoms with E-state index in [1.807, 2.05) is 60.8 Å². The smallest absolute Gasteiger partial charge is 0.265 e. The average molecular weight is 277 g/mol. The van der Waals surface area contributed by atoms with Gasteiger partial charge in [0.1, 0.15) is 6.54 Å². The van der Waals surface area contributed by atoms with E-state index in [1.165, 1.54) is 11.1 Å². The minimum Gasteiger partial charge on any atom is -0.265 e. The van der Waals surface area contributed by atoms with Gasteiger partial charge in [0.15, 0.2) is 5.69 Å². The van der Waals surface area contributed by atoms with Crippen LogP contribution in [0.1, 0.15) is 22.5 Å². The summed E-state index contributed by atoms with van der Waals surface area (Å²) in [7, 11) is 0. The summed E-state index contributed by atoms with van der Waals surface area (Å²) < 4.78 is 2.03. The molecule has 0 unspecified atom stereocenters. The highest BCUT2D eigenvalue weighted by atomic mass is 15.0. The molecule has 3 aromatic rings. The first-order valence-electron chi connectivity index (χ1n) is 6.94. The first-order chi connectivity index (χ1) is 10.3. The molecule has 0 radical (unpaired) electrons. The van der Waals surface area contributed by atoms with Gasteiger partial charge in [0, 0.05) is 31.6 Å². The molecule has 0 saturated carbocycles. The number of hydrogen-bond acceptors (Lipinski definition) is 3. The molecule has 0 aliphatic carbocycles. The maximum atomic E-state index is 4.53. The van der Waals surface area contributed by atoms with Crippen molar-refractivity contribution in [3.63, 3.8) is 0 Å². The van der Waals surface area contributed by atoms with Gasteiger partial charge in [-0.3, -0.25) is 9.97 Å². The SMILES string of the molecule is Cc1cc[n+](Cc2ccc(Cc3ccncc3)cn2)cn1. The van der Waals surface area contributed by atoms with Crippen LogP contribution in [0, 0.1) is 6.92 Å². The lowest BCUT2D eigenvalue weighted by Gasteiger charge is -2.03. The lowest BCUT2D eigenvalue weighted by atomic mass is 10.1. The Morgan fingerprint density at radius 3 is 2.48 bits per heavy atom. The first kappa shape index (κ1) is 13.4. The monoisotopic (exact) mass is 277 g/mol. The van der Waals surface area contributed by atoms with Crippen molar-refractivity contribution in [2.45, 2.75) is 19.9 Å². The molecule has 0 bridgehead atoms. The summed E-state index contributed by atoms with van der Waals surface area (Å²) in [5.41, 5.74) is 4.50. The van der Waals surface area contributed by atoms with Gasteiger partial charge in [0.05, 0.1) is 11.9 Å². The van der Waals surface area contributed by atoms with Crippen molar-refractivity contribution >= 4 is 0 Å². The fraction of sp³-hybridized carbons (Fsp3) is 0.176. The Morgan fingerprint density at radius 1 is 0.952 bits per heavy atom. The van der Waals surface area contributed by atoms with Gasteiger partial charge in [-0.2, -0.15) is 0 Å². The molecule has 3 heterocycles. The summed E-state index contributed by atoms with van der Waals surface area (Å²) in [5.74, 6) is 0. The summed E-state index contributed by atoms with van der Waals surface area (Å²) in [5, 5.41) is 0. The summed E-state index contributed by atoms with van der Waals surface area (Å²) >= 11 is 0. The van der Waals surface area contributed by atoms with Crippen molar-refractivity contribution in [2.75, 3.05) is 0 Å². The summed E-state index contributed by atoms with van der Waals surface area (Å²) in [6.07, 6.45) is 10.3. The normalized spacial score (nSPS) is 10.5. The van der Waals surface area contributed by atoms with Crippen molar-refractivity contribution < 1.29 is 4.57 Å². The Hall–Kier alpha value is -2.62. The third-order valence-corrected chi connectivity index (χ3v) is 3.31. The lowest BCUT2D eigenvalue weighted by Crippen LogP contribution is -2.34. The second-order valence-electron chi connectivity index (χ2n) is 5.06. The number of rotatable bonds is 4. The van der Waals surface area contributed by atoms with Gasteiger partial charge >= 0.3 is 0 Å². The standard InChI is InChI=1S/C17H17N4/c1-14-6-9-21(13-20-14)12-17-3-2-16(11-19-17)10-15-4-7-18-8-5-15/h2-9,11,13H,10,12H2,1H3/q+1. The van der Waals surface area contributed by atoms with Gasteiger partial charge in [-0.1, -0.05) is 11.1 Å². The van der Waals surface area contributed by atoms with Crippen LogP contribution in [0.3, 0.4) is 0 Å². The highest BCUT2D eigenvalue weighted by Crippen LogP contribution is 2.08. The topological polar surface area (TPSA) is 42.5 Å². The summed E-state index contributed by atoms with van der Waals surface area (Å²) in [6, 6.07) is 10.3. The van der Waals surface area contributed by atoms with Crippen LogP contribution in [0.25, 0.3) is 0 Å². The second-order valence-corrected chi connectivity index (χ2v) is 5.06. The minimum absolute atomic E-state index is 0.739. The molecule has 0 atom stereocenters. The van der Waals surface area contributed by atoms with Crippen LogP contribution in [0.5, 0.6) is 0 Å². The van der Waals surface area contributed by atoms with Crippen LogP contribution in [0.2, 0.25) is 0 Å². The Morgan fingerprint density at radius 2 is 1.81 bits per heavy atom. The van der Waals surface area contributed by atoms with E-state index in [0.29, 0.717) is 0 Å². The van der Waals surface area contributed by atoms with E-state index in [9.17, 15) is 0 Å². The zero-order chi connectivity index (χ0) is 14.5. The van der Waals surface area contributed by atoms with Gasteiger partial charge in [-0.15, -0.1) is 0 Å². The van der Waals surface area contributed by atoms with Crippen molar-refractivity contribution in [2.24, 2.45) is 0 Å². The van der Waals surface area contributed by atoms with E-state index in [4.69, 9.17) is 0 Å². The van der Waals surface area contributed by atoms with Gasteiger partial charge in [0.25, 0.3) is 6.33 Å². The second kappa shape index (κ2) is 6.22. The van der Waals surface area contributed by atoms with E-state index >= 15 is 0 Å². The van der Waals surface area contributed by atoms with Crippen LogP contribution in [-0.2, 0) is 13.0 Å². The van der Waals surface area contributed by atoms with Crippen molar-refractivity contribution in [3.8, 4) is 0 Å². The molecule has 0 aliphatic heterocycles. The Kier molecular flexibility index (Phi) is 3.96. The molecular weight excluding hydrogens is 260 g/mol. The van der Waals surface area contributed by atoms with Crippen molar-refractivity contribution in [1.29, 1.82) is 0 Å². The molecule has 3 rings (SSSR count). The predicted molar refractivity (Wildman–Crippen MR) is 79.6 cm³/mol. The lowest BCUT2D eigenvalue weighted by molar-refractivity contribution is -0.691. The molecule has 0 saturated heterocycles. The van der Waals surface area contributed by atoms with Crippen LogP contribution in [0.15, 0.2) is 61.4 Å². The molecule has 104 valence electrons. The van der Waals surface area contributed by atoms with Crippen molar-refractivity contribution in [3.05, 3.63) is 84.0 Å². The quantitative estimate of drug-likeness (QED) is 0.686. The van der Waals surface area contributed by atoms with E-state index in [1.54, 1.807) is 0 Å². The van der Waals surface area contributed by atoms with E-state index in [0.717, 1.165) is 24.4 Å². The Labute approximate surface area is 124 Å². The molecule has 3 aromatic heterocycles. The van der Waals surface area contributed by atoms with E-state index in [2.05, 4.69) is 27.1 Å². The van der Waals surface area contributed by atoms with Gasteiger partial charge in [0.2, 0.25) is 0 Å². The molecule has 0 N–H and O–H groups in total. The van der Waals surface area contributed by atoms with E-state index in [-0.39, 0.29) is 0 Å². The Balaban J connectivity index is 1.68. The van der Waals surface area contributed by atoms with Crippen LogP contribution in [-0.4, -0.2) is 15.0 Å². The maximum absolute atomic E-state index is 4.53. The largest absolute Gasteiger partial charge is 0.286 e. The Bertz CT molecular complexity index is 691. The first-order valence-corrected chi connectivity index (χ1v) is 6.94. The number of nitrogens with zero attached hydrogens (tertiary/aromatic N) is 4. The van der Waals surface area contributed by atoms with Crippen LogP contribution < -0.4 is 4.57 Å². The third kappa shape index (κ3) is 3.69. The highest BCUT2D eigenvalue weighted by molar-refractivity contribution is 5.23. The molecule has 0 aromatic carbocycles. The number of aromatic nitrogens is 4. The zero-order valence-corrected chi connectivity index (χ0v) is 12.0. The van der Waals surface area contributed by atoms with E-state index < -0.39 is 0 Å². The third-order valence-electron chi connectivity index (χ3n) is 3.31. The molecule has 4 nitrogen and oxygen atoms in total. The fourth-order valence-corrected chi connectivity index (χ4v) is 2.12. The summed E-state index contributed by atoms with van der Waals surface area (Å²) in [6.45, 7) is 2.72. The molecule has 0 spiro atoms. The molecular formula is C17H17N4+. The fourth-order valence-electron chi connectivity index (χ4n) is 2.12. The van der Waals surface area contributed by atoms with Gasteiger partial charge in [-0.05, 0) is 35.7 Å².